The van der Waals surface area contributed by atoms with Crippen LogP contribution in [0.25, 0.3) is 44.5 Å². The van der Waals surface area contributed by atoms with Gasteiger partial charge in [-0.25, -0.2) is 0 Å². The molecule has 0 unspecified atom stereocenters. The van der Waals surface area contributed by atoms with Crippen LogP contribution in [0.1, 0.15) is 11.1 Å². The molecular formula is C24H13N3O6. The highest BCUT2D eigenvalue weighted by molar-refractivity contribution is 6.24. The highest BCUT2D eigenvalue weighted by Gasteiger charge is 2.28. The summed E-state index contributed by atoms with van der Waals surface area (Å²) in [6, 6.07) is 19.2. The highest BCUT2D eigenvalue weighted by atomic mass is 16.6. The van der Waals surface area contributed by atoms with Crippen LogP contribution in [0.5, 0.6) is 0 Å². The van der Waals surface area contributed by atoms with Crippen molar-refractivity contribution in [2.75, 3.05) is 0 Å². The Morgan fingerprint density at radius 2 is 1.15 bits per heavy atom. The number of nitro groups is 3. The third-order valence-electron chi connectivity index (χ3n) is 5.72. The number of nitrogens with zero attached hydrogens (tertiary/aromatic N) is 3. The molecule has 0 amide bonds. The Bertz CT molecular complexity index is 1610. The van der Waals surface area contributed by atoms with Crippen LogP contribution in [0.3, 0.4) is 0 Å². The predicted molar refractivity (Wildman–Crippen MR) is 125 cm³/mol. The number of hydrogen-bond donors (Lipinski definition) is 0. The quantitative estimate of drug-likeness (QED) is 0.133. The van der Waals surface area contributed by atoms with E-state index in [9.17, 15) is 30.3 Å². The van der Waals surface area contributed by atoms with Crippen LogP contribution >= 0.6 is 0 Å². The fraction of sp³-hybridized carbons (Fsp3) is 0. The molecular weight excluding hydrogens is 426 g/mol. The first-order chi connectivity index (χ1) is 15.8. The molecule has 0 aromatic heterocycles. The van der Waals surface area contributed by atoms with Crippen molar-refractivity contribution in [2.45, 2.75) is 0 Å². The molecule has 9 heteroatoms. The van der Waals surface area contributed by atoms with E-state index in [0.717, 1.165) is 44.5 Å². The van der Waals surface area contributed by atoms with Crippen LogP contribution in [0.15, 0.2) is 66.7 Å². The van der Waals surface area contributed by atoms with E-state index >= 15 is 0 Å². The van der Waals surface area contributed by atoms with Crippen molar-refractivity contribution >= 4 is 61.5 Å². The zero-order chi connectivity index (χ0) is 23.3. The average molecular weight is 439 g/mol. The van der Waals surface area contributed by atoms with Crippen LogP contribution in [0.2, 0.25) is 0 Å². The van der Waals surface area contributed by atoms with Gasteiger partial charge in [-0.05, 0) is 44.0 Å². The molecule has 0 saturated heterocycles. The molecule has 0 spiro atoms. The average Bonchev–Trinajstić information content (AvgIpc) is 2.80. The van der Waals surface area contributed by atoms with Gasteiger partial charge in [-0.2, -0.15) is 0 Å². The fourth-order valence-corrected chi connectivity index (χ4v) is 4.26. The molecule has 0 atom stereocenters. The van der Waals surface area contributed by atoms with Crippen molar-refractivity contribution in [3.63, 3.8) is 0 Å². The van der Waals surface area contributed by atoms with Gasteiger partial charge in [-0.3, -0.25) is 30.3 Å². The monoisotopic (exact) mass is 439 g/mol. The second-order valence-corrected chi connectivity index (χ2v) is 7.51. The molecule has 0 aliphatic carbocycles. The standard InChI is InChI=1S/C24H13N3O6/c28-25(29)18-12-21(26(30)31)20(22(13-18)27(32)33)11-8-14-4-5-17-7-6-15-2-1-3-16-9-10-19(14)24(17)23(15)16/h1-13H/b11-8+. The maximum Gasteiger partial charge on any atom is 0.290 e. The fourth-order valence-electron chi connectivity index (χ4n) is 4.26. The molecule has 33 heavy (non-hydrogen) atoms. The smallest absolute Gasteiger partial charge is 0.258 e. The Morgan fingerprint density at radius 3 is 1.73 bits per heavy atom. The van der Waals surface area contributed by atoms with Crippen molar-refractivity contribution in [1.82, 2.24) is 0 Å². The summed E-state index contributed by atoms with van der Waals surface area (Å²) in [5.74, 6) is 0. The second-order valence-electron chi connectivity index (χ2n) is 7.51. The first-order valence-electron chi connectivity index (χ1n) is 9.81. The zero-order valence-corrected chi connectivity index (χ0v) is 16.8. The Hall–Kier alpha value is -4.92. The summed E-state index contributed by atoms with van der Waals surface area (Å²) in [6.45, 7) is 0. The Labute approximate surface area is 185 Å². The lowest BCUT2D eigenvalue weighted by Gasteiger charge is -2.12. The Balaban J connectivity index is 1.74. The molecule has 9 nitrogen and oxygen atoms in total. The third kappa shape index (κ3) is 3.19. The minimum Gasteiger partial charge on any atom is -0.258 e. The van der Waals surface area contributed by atoms with Crippen molar-refractivity contribution in [2.24, 2.45) is 0 Å². The maximum absolute atomic E-state index is 11.6. The van der Waals surface area contributed by atoms with Gasteiger partial charge < -0.3 is 0 Å². The van der Waals surface area contributed by atoms with Gasteiger partial charge in [-0.1, -0.05) is 60.7 Å². The highest BCUT2D eigenvalue weighted by Crippen LogP contribution is 2.38. The minimum absolute atomic E-state index is 0.304. The summed E-state index contributed by atoms with van der Waals surface area (Å²) in [5.41, 5.74) is -1.72. The lowest BCUT2D eigenvalue weighted by molar-refractivity contribution is -0.403. The van der Waals surface area contributed by atoms with E-state index in [0.29, 0.717) is 5.56 Å². The van der Waals surface area contributed by atoms with Crippen LogP contribution in [-0.4, -0.2) is 14.8 Å². The molecule has 160 valence electrons. The molecule has 0 heterocycles. The van der Waals surface area contributed by atoms with E-state index < -0.39 is 31.8 Å². The molecule has 0 aliphatic heterocycles. The third-order valence-corrected chi connectivity index (χ3v) is 5.72. The van der Waals surface area contributed by atoms with E-state index in [2.05, 4.69) is 0 Å². The predicted octanol–water partition coefficient (Wildman–Crippen LogP) is 6.48. The van der Waals surface area contributed by atoms with Crippen molar-refractivity contribution in [3.05, 3.63) is 108 Å². The van der Waals surface area contributed by atoms with Gasteiger partial charge in [0.25, 0.3) is 17.1 Å². The van der Waals surface area contributed by atoms with Crippen LogP contribution in [-0.2, 0) is 0 Å². The second kappa shape index (κ2) is 7.34. The van der Waals surface area contributed by atoms with E-state index in [1.165, 1.54) is 6.08 Å². The van der Waals surface area contributed by atoms with Crippen LogP contribution in [0, 0.1) is 30.3 Å². The topological polar surface area (TPSA) is 129 Å². The molecule has 5 aromatic rings. The zero-order valence-electron chi connectivity index (χ0n) is 16.8. The summed E-state index contributed by atoms with van der Waals surface area (Å²) in [5, 5.41) is 40.4. The van der Waals surface area contributed by atoms with E-state index in [-0.39, 0.29) is 5.56 Å². The van der Waals surface area contributed by atoms with Gasteiger partial charge in [0.2, 0.25) is 0 Å². The first-order valence-corrected chi connectivity index (χ1v) is 9.81. The van der Waals surface area contributed by atoms with E-state index in [4.69, 9.17) is 0 Å². The van der Waals surface area contributed by atoms with Crippen molar-refractivity contribution in [3.8, 4) is 0 Å². The molecule has 5 rings (SSSR count). The maximum atomic E-state index is 11.6. The first kappa shape index (κ1) is 20.0. The summed E-state index contributed by atoms with van der Waals surface area (Å²) in [4.78, 5) is 31.6. The largest absolute Gasteiger partial charge is 0.290 e. The number of non-ortho nitro benzene ring substituents is 1. The number of rotatable bonds is 5. The van der Waals surface area contributed by atoms with Crippen molar-refractivity contribution < 1.29 is 14.8 Å². The van der Waals surface area contributed by atoms with Crippen LogP contribution in [0.4, 0.5) is 17.1 Å². The van der Waals surface area contributed by atoms with E-state index in [1.807, 2.05) is 54.6 Å². The summed E-state index contributed by atoms with van der Waals surface area (Å²) >= 11 is 0. The SMILES string of the molecule is O=[N+]([O-])c1cc([N+](=O)[O-])c(/C=C/c2ccc3ccc4cccc5ccc2c3c45)c([N+](=O)[O-])c1. The van der Waals surface area contributed by atoms with Gasteiger partial charge in [0.05, 0.1) is 26.9 Å². The van der Waals surface area contributed by atoms with Gasteiger partial charge in [-0.15, -0.1) is 0 Å². The van der Waals surface area contributed by atoms with Gasteiger partial charge in [0.15, 0.2) is 0 Å². The van der Waals surface area contributed by atoms with Gasteiger partial charge in [0, 0.05) is 0 Å². The van der Waals surface area contributed by atoms with Gasteiger partial charge in [0.1, 0.15) is 5.56 Å². The van der Waals surface area contributed by atoms with Gasteiger partial charge >= 0.3 is 0 Å². The summed E-state index contributed by atoms with van der Waals surface area (Å²) < 4.78 is 0. The molecule has 0 fully saturated rings. The lowest BCUT2D eigenvalue weighted by atomic mass is 9.91. The van der Waals surface area contributed by atoms with E-state index in [1.54, 1.807) is 6.08 Å². The Kier molecular flexibility index (Phi) is 4.45. The summed E-state index contributed by atoms with van der Waals surface area (Å²) in [6.07, 6.45) is 2.83. The number of nitro benzene ring substituents is 3. The molecule has 0 N–H and O–H groups in total. The minimum atomic E-state index is -0.894. The normalized spacial score (nSPS) is 11.6. The molecule has 0 bridgehead atoms. The molecule has 0 saturated carbocycles. The number of benzene rings is 5. The Morgan fingerprint density at radius 1 is 0.606 bits per heavy atom. The summed E-state index contributed by atoms with van der Waals surface area (Å²) in [7, 11) is 0. The molecule has 0 radical (unpaired) electrons. The lowest BCUT2D eigenvalue weighted by Crippen LogP contribution is -2.00. The van der Waals surface area contributed by atoms with Crippen LogP contribution < -0.4 is 0 Å². The van der Waals surface area contributed by atoms with Crippen molar-refractivity contribution in [1.29, 1.82) is 0 Å². The number of hydrogen-bond acceptors (Lipinski definition) is 6. The molecule has 0 aliphatic rings. The molecule has 5 aromatic carbocycles.